The Kier molecular flexibility index (Phi) is 7.67. The molecular formula is C22H29ClN2O. The maximum atomic E-state index is 12.2. The van der Waals surface area contributed by atoms with Crippen LogP contribution in [0.15, 0.2) is 54.6 Å². The third-order valence-corrected chi connectivity index (χ3v) is 5.13. The molecule has 1 heterocycles. The highest BCUT2D eigenvalue weighted by molar-refractivity contribution is 5.92. The number of hydrogen-bond acceptors (Lipinski definition) is 2. The van der Waals surface area contributed by atoms with Gasteiger partial charge in [0.15, 0.2) is 0 Å². The number of aryl methyl sites for hydroxylation is 1. The fraction of sp³-hybridized carbons (Fsp3) is 0.409. The Bertz CT molecular complexity index is 679. The summed E-state index contributed by atoms with van der Waals surface area (Å²) in [7, 11) is 0. The first-order valence-corrected chi connectivity index (χ1v) is 9.26. The van der Waals surface area contributed by atoms with Crippen molar-refractivity contribution in [1.82, 2.24) is 4.90 Å². The third-order valence-electron chi connectivity index (χ3n) is 5.13. The number of rotatable bonds is 5. The quantitative estimate of drug-likeness (QED) is 0.772. The van der Waals surface area contributed by atoms with Gasteiger partial charge in [0.2, 0.25) is 5.91 Å². The highest BCUT2D eigenvalue weighted by Gasteiger charge is 2.27. The van der Waals surface area contributed by atoms with E-state index in [1.807, 2.05) is 35.2 Å². The molecule has 0 N–H and O–H groups in total. The van der Waals surface area contributed by atoms with Crippen molar-refractivity contribution in [3.63, 3.8) is 0 Å². The van der Waals surface area contributed by atoms with Gasteiger partial charge in [-0.3, -0.25) is 4.79 Å². The molecule has 140 valence electrons. The molecule has 3 nitrogen and oxygen atoms in total. The van der Waals surface area contributed by atoms with Crippen LogP contribution < -0.4 is 4.90 Å². The van der Waals surface area contributed by atoms with Crippen LogP contribution in [0.4, 0.5) is 5.69 Å². The number of carbonyl (C=O) groups excluding carboxylic acids is 1. The zero-order valence-corrected chi connectivity index (χ0v) is 16.5. The van der Waals surface area contributed by atoms with Crippen LogP contribution in [0.25, 0.3) is 0 Å². The average molecular weight is 373 g/mol. The first-order chi connectivity index (χ1) is 12.1. The second-order valence-electron chi connectivity index (χ2n) is 7.03. The van der Waals surface area contributed by atoms with Gasteiger partial charge in [-0.2, -0.15) is 0 Å². The lowest BCUT2D eigenvalue weighted by Gasteiger charge is -2.38. The number of nitrogens with zero attached hydrogens (tertiary/aromatic N) is 2. The lowest BCUT2D eigenvalue weighted by atomic mass is 10.0. The largest absolute Gasteiger partial charge is 0.310 e. The highest BCUT2D eigenvalue weighted by atomic mass is 35.5. The highest BCUT2D eigenvalue weighted by Crippen LogP contribution is 2.24. The maximum Gasteiger partial charge on any atom is 0.224 e. The van der Waals surface area contributed by atoms with Gasteiger partial charge in [0.1, 0.15) is 0 Å². The fourth-order valence-corrected chi connectivity index (χ4v) is 3.68. The zero-order valence-electron chi connectivity index (χ0n) is 15.7. The van der Waals surface area contributed by atoms with E-state index in [0.29, 0.717) is 6.04 Å². The van der Waals surface area contributed by atoms with Crippen LogP contribution >= 0.6 is 12.4 Å². The zero-order chi connectivity index (χ0) is 17.6. The maximum absolute atomic E-state index is 12.2. The smallest absolute Gasteiger partial charge is 0.224 e. The Morgan fingerprint density at radius 3 is 2.23 bits per heavy atom. The van der Waals surface area contributed by atoms with E-state index in [0.717, 1.165) is 44.6 Å². The van der Waals surface area contributed by atoms with Crippen molar-refractivity contribution in [2.24, 2.45) is 0 Å². The molecule has 2 aromatic carbocycles. The van der Waals surface area contributed by atoms with Crippen molar-refractivity contribution in [2.45, 2.75) is 39.2 Å². The summed E-state index contributed by atoms with van der Waals surface area (Å²) in [5, 5.41) is 0. The summed E-state index contributed by atoms with van der Waals surface area (Å²) in [6.45, 7) is 7.03. The fourth-order valence-electron chi connectivity index (χ4n) is 3.68. The molecule has 26 heavy (non-hydrogen) atoms. The summed E-state index contributed by atoms with van der Waals surface area (Å²) in [4.78, 5) is 16.7. The Labute approximate surface area is 163 Å². The number of piperidine rings is 1. The average Bonchev–Trinajstić information content (AvgIpc) is 2.63. The van der Waals surface area contributed by atoms with Crippen molar-refractivity contribution in [3.8, 4) is 0 Å². The first kappa shape index (κ1) is 20.5. The van der Waals surface area contributed by atoms with Crippen molar-refractivity contribution >= 4 is 24.0 Å². The number of para-hydroxylation sites is 1. The Morgan fingerprint density at radius 2 is 1.65 bits per heavy atom. The predicted octanol–water partition coefficient (Wildman–Crippen LogP) is 4.48. The summed E-state index contributed by atoms with van der Waals surface area (Å²) < 4.78 is 0. The summed E-state index contributed by atoms with van der Waals surface area (Å²) in [6, 6.07) is 19.2. The van der Waals surface area contributed by atoms with Crippen molar-refractivity contribution in [2.75, 3.05) is 24.5 Å². The van der Waals surface area contributed by atoms with Crippen LogP contribution in [0, 0.1) is 6.92 Å². The summed E-state index contributed by atoms with van der Waals surface area (Å²) in [6.07, 6.45) is 3.19. The predicted molar refractivity (Wildman–Crippen MR) is 111 cm³/mol. The molecule has 1 saturated heterocycles. The van der Waals surface area contributed by atoms with Gasteiger partial charge >= 0.3 is 0 Å². The third kappa shape index (κ3) is 5.33. The summed E-state index contributed by atoms with van der Waals surface area (Å²) in [5.41, 5.74) is 3.74. The van der Waals surface area contributed by atoms with Gasteiger partial charge in [-0.05, 0) is 43.9 Å². The number of amides is 1. The molecule has 0 unspecified atom stereocenters. The number of likely N-dealkylation sites (tertiary alicyclic amines) is 1. The standard InChI is InChI=1S/C22H28N2O.ClH/c1-18-8-10-20(11-9-18)12-15-23-16-13-22(14-17-23)24(19(2)25)21-6-4-3-5-7-21;/h3-11,22H,12-17H2,1-2H3;1H. The van der Waals surface area contributed by atoms with E-state index in [-0.39, 0.29) is 18.3 Å². The van der Waals surface area contributed by atoms with Gasteiger partial charge in [0, 0.05) is 38.3 Å². The number of benzene rings is 2. The minimum atomic E-state index is 0. The normalized spacial score (nSPS) is 15.3. The molecule has 3 rings (SSSR count). The minimum Gasteiger partial charge on any atom is -0.310 e. The Morgan fingerprint density at radius 1 is 1.04 bits per heavy atom. The molecule has 2 aromatic rings. The van der Waals surface area contributed by atoms with E-state index in [1.165, 1.54) is 11.1 Å². The molecule has 0 atom stereocenters. The molecule has 0 saturated carbocycles. The Balaban J connectivity index is 0.00000243. The number of hydrogen-bond donors (Lipinski definition) is 0. The van der Waals surface area contributed by atoms with Crippen molar-refractivity contribution < 1.29 is 4.79 Å². The second-order valence-corrected chi connectivity index (χ2v) is 7.03. The van der Waals surface area contributed by atoms with Crippen molar-refractivity contribution in [1.29, 1.82) is 0 Å². The van der Waals surface area contributed by atoms with Gasteiger partial charge in [-0.15, -0.1) is 12.4 Å². The van der Waals surface area contributed by atoms with E-state index in [1.54, 1.807) is 6.92 Å². The van der Waals surface area contributed by atoms with E-state index in [2.05, 4.69) is 36.1 Å². The lowest BCUT2D eigenvalue weighted by Crippen LogP contribution is -2.47. The van der Waals surface area contributed by atoms with Gasteiger partial charge in [0.25, 0.3) is 0 Å². The lowest BCUT2D eigenvalue weighted by molar-refractivity contribution is -0.117. The van der Waals surface area contributed by atoms with Crippen LogP contribution in [-0.2, 0) is 11.2 Å². The summed E-state index contributed by atoms with van der Waals surface area (Å²) in [5.74, 6) is 0.143. The van der Waals surface area contributed by atoms with Gasteiger partial charge in [-0.1, -0.05) is 48.0 Å². The number of halogens is 1. The monoisotopic (exact) mass is 372 g/mol. The molecule has 4 heteroatoms. The second kappa shape index (κ2) is 9.75. The van der Waals surface area contributed by atoms with Crippen LogP contribution in [-0.4, -0.2) is 36.5 Å². The SMILES string of the molecule is CC(=O)N(c1ccccc1)C1CCN(CCc2ccc(C)cc2)CC1.Cl. The van der Waals surface area contributed by atoms with Gasteiger partial charge in [0.05, 0.1) is 0 Å². The molecule has 1 aliphatic rings. The molecule has 0 bridgehead atoms. The van der Waals surface area contributed by atoms with Crippen molar-refractivity contribution in [3.05, 3.63) is 65.7 Å². The van der Waals surface area contributed by atoms with Crippen LogP contribution in [0.3, 0.4) is 0 Å². The molecule has 1 fully saturated rings. The van der Waals surface area contributed by atoms with Crippen LogP contribution in [0.2, 0.25) is 0 Å². The molecule has 1 amide bonds. The van der Waals surface area contributed by atoms with Crippen LogP contribution in [0.1, 0.15) is 30.9 Å². The molecule has 0 aromatic heterocycles. The first-order valence-electron chi connectivity index (χ1n) is 9.26. The van der Waals surface area contributed by atoms with Gasteiger partial charge < -0.3 is 9.80 Å². The summed E-state index contributed by atoms with van der Waals surface area (Å²) >= 11 is 0. The minimum absolute atomic E-state index is 0. The van der Waals surface area contributed by atoms with E-state index in [9.17, 15) is 4.79 Å². The van der Waals surface area contributed by atoms with Crippen LogP contribution in [0.5, 0.6) is 0 Å². The van der Waals surface area contributed by atoms with E-state index < -0.39 is 0 Å². The number of carbonyl (C=O) groups is 1. The molecule has 0 aliphatic carbocycles. The molecule has 0 spiro atoms. The molecule has 1 aliphatic heterocycles. The molecule has 0 radical (unpaired) electrons. The van der Waals surface area contributed by atoms with E-state index in [4.69, 9.17) is 0 Å². The molecular weight excluding hydrogens is 344 g/mol. The van der Waals surface area contributed by atoms with Gasteiger partial charge in [-0.25, -0.2) is 0 Å². The number of anilines is 1. The topological polar surface area (TPSA) is 23.6 Å². The Hall–Kier alpha value is -1.84. The van der Waals surface area contributed by atoms with E-state index >= 15 is 0 Å².